The highest BCUT2D eigenvalue weighted by molar-refractivity contribution is 7.99. The maximum atomic E-state index is 12.7. The van der Waals surface area contributed by atoms with Gasteiger partial charge >= 0.3 is 6.18 Å². The molecule has 2 nitrogen and oxygen atoms in total. The number of aromatic nitrogens is 1. The van der Waals surface area contributed by atoms with Crippen LogP contribution < -0.4 is 0 Å². The zero-order valence-electron chi connectivity index (χ0n) is 10.4. The molecule has 1 atom stereocenters. The molecule has 1 aromatic carbocycles. The number of alkyl halides is 3. The van der Waals surface area contributed by atoms with E-state index in [1.54, 1.807) is 28.6 Å². The van der Waals surface area contributed by atoms with Crippen LogP contribution in [-0.4, -0.2) is 16.9 Å². The van der Waals surface area contributed by atoms with Crippen molar-refractivity contribution in [2.75, 3.05) is 12.4 Å². The fourth-order valence-corrected chi connectivity index (χ4v) is 3.04. The van der Waals surface area contributed by atoms with Crippen molar-refractivity contribution in [1.82, 2.24) is 4.57 Å². The van der Waals surface area contributed by atoms with Gasteiger partial charge in [0.1, 0.15) is 5.44 Å². The second-order valence-corrected chi connectivity index (χ2v) is 5.64. The summed E-state index contributed by atoms with van der Waals surface area (Å²) in [5.41, 5.74) is 0.817. The summed E-state index contributed by atoms with van der Waals surface area (Å²) in [6.45, 7) is 0.712. The molecule has 20 heavy (non-hydrogen) atoms. The molecule has 0 aliphatic carbocycles. The maximum absolute atomic E-state index is 12.7. The van der Waals surface area contributed by atoms with Crippen LogP contribution in [0.4, 0.5) is 13.2 Å². The standard InChI is InChI=1S/C14H12F3NOS/c15-14(16,17)11-2-1-3-12(8-11)18-5-4-10(9-18)13-19-6-7-20-13/h1-5,8-9,13H,6-7H2/t13-/m1/s1. The predicted molar refractivity (Wildman–Crippen MR) is 71.9 cm³/mol. The lowest BCUT2D eigenvalue weighted by atomic mass is 10.2. The Labute approximate surface area is 118 Å². The molecule has 0 N–H and O–H groups in total. The van der Waals surface area contributed by atoms with Gasteiger partial charge in [0.2, 0.25) is 0 Å². The average Bonchev–Trinajstić information content (AvgIpc) is 3.09. The van der Waals surface area contributed by atoms with Crippen molar-refractivity contribution in [2.45, 2.75) is 11.6 Å². The molecule has 0 saturated carbocycles. The molecule has 1 fully saturated rings. The Bertz CT molecular complexity index is 602. The zero-order chi connectivity index (χ0) is 14.2. The number of nitrogens with zero attached hydrogens (tertiary/aromatic N) is 1. The molecular formula is C14H12F3NOS. The fraction of sp³-hybridized carbons (Fsp3) is 0.286. The Kier molecular flexibility index (Phi) is 3.52. The van der Waals surface area contributed by atoms with E-state index in [9.17, 15) is 13.2 Å². The molecule has 2 aromatic rings. The van der Waals surface area contributed by atoms with Gasteiger partial charge in [-0.05, 0) is 24.3 Å². The van der Waals surface area contributed by atoms with Crippen LogP contribution in [0.2, 0.25) is 0 Å². The topological polar surface area (TPSA) is 14.2 Å². The lowest BCUT2D eigenvalue weighted by Crippen LogP contribution is -2.05. The summed E-state index contributed by atoms with van der Waals surface area (Å²) in [4.78, 5) is 0. The van der Waals surface area contributed by atoms with Gasteiger partial charge < -0.3 is 9.30 Å². The first-order valence-corrected chi connectivity index (χ1v) is 7.18. The second-order valence-electron chi connectivity index (χ2n) is 4.47. The van der Waals surface area contributed by atoms with E-state index in [1.165, 1.54) is 6.07 Å². The summed E-state index contributed by atoms with van der Waals surface area (Å²) < 4.78 is 45.3. The van der Waals surface area contributed by atoms with Gasteiger partial charge in [-0.15, -0.1) is 11.8 Å². The average molecular weight is 299 g/mol. The van der Waals surface area contributed by atoms with Crippen LogP contribution in [0.15, 0.2) is 42.7 Å². The fourth-order valence-electron chi connectivity index (χ4n) is 2.11. The third kappa shape index (κ3) is 2.71. The number of benzene rings is 1. The molecule has 0 bridgehead atoms. The molecule has 106 valence electrons. The van der Waals surface area contributed by atoms with Gasteiger partial charge in [-0.1, -0.05) is 6.07 Å². The smallest absolute Gasteiger partial charge is 0.362 e. The first kappa shape index (κ1) is 13.6. The Balaban J connectivity index is 1.89. The van der Waals surface area contributed by atoms with E-state index < -0.39 is 11.7 Å². The van der Waals surface area contributed by atoms with Gasteiger partial charge in [0.05, 0.1) is 12.2 Å². The van der Waals surface area contributed by atoms with Crippen molar-refractivity contribution < 1.29 is 17.9 Å². The minimum absolute atomic E-state index is 0.0120. The van der Waals surface area contributed by atoms with Crippen LogP contribution in [0.1, 0.15) is 16.6 Å². The quantitative estimate of drug-likeness (QED) is 0.822. The van der Waals surface area contributed by atoms with E-state index in [0.29, 0.717) is 12.3 Å². The van der Waals surface area contributed by atoms with Crippen molar-refractivity contribution in [1.29, 1.82) is 0 Å². The number of hydrogen-bond donors (Lipinski definition) is 0. The summed E-state index contributed by atoms with van der Waals surface area (Å²) in [6.07, 6.45) is -0.748. The molecular weight excluding hydrogens is 287 g/mol. The van der Waals surface area contributed by atoms with Gasteiger partial charge in [-0.3, -0.25) is 0 Å². The molecule has 0 unspecified atom stereocenters. The van der Waals surface area contributed by atoms with Gasteiger partial charge in [-0.2, -0.15) is 13.2 Å². The molecule has 6 heteroatoms. The highest BCUT2D eigenvalue weighted by Gasteiger charge is 2.30. The molecule has 3 rings (SSSR count). The van der Waals surface area contributed by atoms with Crippen molar-refractivity contribution in [3.63, 3.8) is 0 Å². The molecule has 1 aliphatic heterocycles. The third-order valence-corrected chi connectivity index (χ3v) is 4.19. The first-order valence-electron chi connectivity index (χ1n) is 6.13. The number of thioether (sulfide) groups is 1. The van der Waals surface area contributed by atoms with Crippen LogP contribution in [0.3, 0.4) is 0 Å². The normalized spacial score (nSPS) is 19.4. The first-order chi connectivity index (χ1) is 9.54. The Morgan fingerprint density at radius 3 is 2.80 bits per heavy atom. The molecule has 0 radical (unpaired) electrons. The van der Waals surface area contributed by atoms with Crippen molar-refractivity contribution in [2.24, 2.45) is 0 Å². The summed E-state index contributed by atoms with van der Waals surface area (Å²) in [5, 5.41) is 0. The van der Waals surface area contributed by atoms with Crippen molar-refractivity contribution >= 4 is 11.8 Å². The highest BCUT2D eigenvalue weighted by atomic mass is 32.2. The molecule has 2 heterocycles. The minimum atomic E-state index is -4.32. The minimum Gasteiger partial charge on any atom is -0.362 e. The maximum Gasteiger partial charge on any atom is 0.416 e. The Morgan fingerprint density at radius 2 is 2.10 bits per heavy atom. The monoisotopic (exact) mass is 299 g/mol. The van der Waals surface area contributed by atoms with Crippen LogP contribution in [0.5, 0.6) is 0 Å². The molecule has 0 spiro atoms. The number of hydrogen-bond acceptors (Lipinski definition) is 2. The summed E-state index contributed by atoms with van der Waals surface area (Å²) in [6, 6.07) is 7.17. The van der Waals surface area contributed by atoms with Crippen LogP contribution in [0.25, 0.3) is 5.69 Å². The van der Waals surface area contributed by atoms with Crippen molar-refractivity contribution in [3.8, 4) is 5.69 Å². The van der Waals surface area contributed by atoms with E-state index in [4.69, 9.17) is 4.74 Å². The largest absolute Gasteiger partial charge is 0.416 e. The Hall–Kier alpha value is -1.40. The van der Waals surface area contributed by atoms with Crippen LogP contribution >= 0.6 is 11.8 Å². The van der Waals surface area contributed by atoms with Gasteiger partial charge in [-0.25, -0.2) is 0 Å². The molecule has 1 aromatic heterocycles. The number of ether oxygens (including phenoxy) is 1. The van der Waals surface area contributed by atoms with Gasteiger partial charge in [0, 0.05) is 29.4 Å². The summed E-state index contributed by atoms with van der Waals surface area (Å²) in [7, 11) is 0. The van der Waals surface area contributed by atoms with E-state index in [-0.39, 0.29) is 5.44 Å². The third-order valence-electron chi connectivity index (χ3n) is 3.08. The van der Waals surface area contributed by atoms with E-state index in [2.05, 4.69) is 0 Å². The molecule has 1 saturated heterocycles. The van der Waals surface area contributed by atoms with E-state index >= 15 is 0 Å². The number of rotatable bonds is 2. The highest BCUT2D eigenvalue weighted by Crippen LogP contribution is 2.36. The van der Waals surface area contributed by atoms with Gasteiger partial charge in [0.25, 0.3) is 0 Å². The zero-order valence-corrected chi connectivity index (χ0v) is 11.2. The molecule has 1 aliphatic rings. The van der Waals surface area contributed by atoms with E-state index in [1.807, 2.05) is 12.3 Å². The van der Waals surface area contributed by atoms with Crippen molar-refractivity contribution in [3.05, 3.63) is 53.9 Å². The van der Waals surface area contributed by atoms with Crippen LogP contribution in [-0.2, 0) is 10.9 Å². The van der Waals surface area contributed by atoms with Gasteiger partial charge in [0.15, 0.2) is 0 Å². The SMILES string of the molecule is FC(F)(F)c1cccc(-n2ccc([C@@H]3OCCS3)c2)c1. The van der Waals surface area contributed by atoms with E-state index in [0.717, 1.165) is 23.4 Å². The predicted octanol–water partition coefficient (Wildman–Crippen LogP) is 4.26. The van der Waals surface area contributed by atoms with Crippen LogP contribution in [0, 0.1) is 0 Å². The summed E-state index contributed by atoms with van der Waals surface area (Å²) >= 11 is 1.70. The lowest BCUT2D eigenvalue weighted by Gasteiger charge is -2.09. The number of halogens is 3. The lowest BCUT2D eigenvalue weighted by molar-refractivity contribution is -0.137. The molecule has 0 amide bonds. The Morgan fingerprint density at radius 1 is 1.25 bits per heavy atom. The summed E-state index contributed by atoms with van der Waals surface area (Å²) in [5.74, 6) is 0.944. The second kappa shape index (κ2) is 5.18.